The third-order valence-electron chi connectivity index (χ3n) is 5.89. The Hall–Kier alpha value is -0.550. The molecule has 3 nitrogen and oxygen atoms in total. The van der Waals surface area contributed by atoms with Crippen LogP contribution in [-0.2, 0) is 4.74 Å². The number of rotatable bonds is 5. The summed E-state index contributed by atoms with van der Waals surface area (Å²) in [6, 6.07) is 11.7. The molecule has 1 aromatic rings. The second-order valence-electron chi connectivity index (χ2n) is 7.28. The molecule has 1 aromatic carbocycles. The van der Waals surface area contributed by atoms with E-state index in [0.717, 1.165) is 38.8 Å². The zero-order valence-electron chi connectivity index (χ0n) is 13.9. The van der Waals surface area contributed by atoms with Crippen LogP contribution in [0.15, 0.2) is 30.3 Å². The Morgan fingerprint density at radius 3 is 2.65 bits per heavy atom. The number of hydrogen-bond acceptors (Lipinski definition) is 4. The summed E-state index contributed by atoms with van der Waals surface area (Å²) in [5.74, 6) is 3.37. The van der Waals surface area contributed by atoms with Crippen LogP contribution < -0.4 is 5.32 Å². The average molecular weight is 333 g/mol. The van der Waals surface area contributed by atoms with Crippen LogP contribution in [0, 0.1) is 0 Å². The van der Waals surface area contributed by atoms with Gasteiger partial charge in [0.25, 0.3) is 0 Å². The van der Waals surface area contributed by atoms with Crippen LogP contribution in [0.1, 0.15) is 30.7 Å². The first-order valence-corrected chi connectivity index (χ1v) is 10.2. The fourth-order valence-corrected chi connectivity index (χ4v) is 5.73. The molecule has 1 atom stereocenters. The van der Waals surface area contributed by atoms with Crippen LogP contribution in [0.25, 0.3) is 0 Å². The monoisotopic (exact) mass is 332 g/mol. The maximum absolute atomic E-state index is 5.56. The highest BCUT2D eigenvalue weighted by atomic mass is 32.2. The fraction of sp³-hybridized carbons (Fsp3) is 0.684. The van der Waals surface area contributed by atoms with Gasteiger partial charge in [-0.25, -0.2) is 0 Å². The van der Waals surface area contributed by atoms with E-state index in [-0.39, 0.29) is 0 Å². The van der Waals surface area contributed by atoms with Crippen molar-refractivity contribution in [2.24, 2.45) is 0 Å². The standard InChI is InChI=1S/C19H28N2OS/c1-2-4-16(5-3-1)17-12-18(13-17)20-14-19(6-11-23-15-19)21-7-9-22-10-8-21/h1-5,17-18,20H,6-15H2/t17?,18?,19-/m0/s1. The van der Waals surface area contributed by atoms with E-state index in [1.54, 1.807) is 0 Å². The van der Waals surface area contributed by atoms with Gasteiger partial charge in [-0.2, -0.15) is 11.8 Å². The van der Waals surface area contributed by atoms with E-state index in [9.17, 15) is 0 Å². The third kappa shape index (κ3) is 3.46. The molecule has 1 N–H and O–H groups in total. The molecule has 1 aliphatic carbocycles. The Kier molecular flexibility index (Phi) is 4.95. The lowest BCUT2D eigenvalue weighted by molar-refractivity contribution is -0.0150. The molecule has 23 heavy (non-hydrogen) atoms. The summed E-state index contributed by atoms with van der Waals surface area (Å²) in [5.41, 5.74) is 1.90. The largest absolute Gasteiger partial charge is 0.379 e. The molecule has 2 heterocycles. The molecule has 4 heteroatoms. The van der Waals surface area contributed by atoms with Crippen molar-refractivity contribution in [2.45, 2.75) is 36.8 Å². The van der Waals surface area contributed by atoms with Crippen LogP contribution in [0.5, 0.6) is 0 Å². The van der Waals surface area contributed by atoms with Crippen molar-refractivity contribution in [3.63, 3.8) is 0 Å². The Bertz CT molecular complexity index is 491. The van der Waals surface area contributed by atoms with Gasteiger partial charge in [-0.15, -0.1) is 0 Å². The number of nitrogens with zero attached hydrogens (tertiary/aromatic N) is 1. The number of nitrogens with one attached hydrogen (secondary N) is 1. The van der Waals surface area contributed by atoms with Gasteiger partial charge in [0.05, 0.1) is 13.2 Å². The van der Waals surface area contributed by atoms with E-state index in [4.69, 9.17) is 4.74 Å². The van der Waals surface area contributed by atoms with Gasteiger partial charge in [0.15, 0.2) is 0 Å². The summed E-state index contributed by atoms with van der Waals surface area (Å²) >= 11 is 2.13. The van der Waals surface area contributed by atoms with Gasteiger partial charge < -0.3 is 10.1 Å². The van der Waals surface area contributed by atoms with E-state index in [2.05, 4.69) is 52.3 Å². The number of ether oxygens (including phenoxy) is 1. The molecule has 0 aromatic heterocycles. The topological polar surface area (TPSA) is 24.5 Å². The van der Waals surface area contributed by atoms with Crippen LogP contribution in [-0.4, -0.2) is 60.8 Å². The highest BCUT2D eigenvalue weighted by Crippen LogP contribution is 2.38. The first-order valence-electron chi connectivity index (χ1n) is 9.05. The van der Waals surface area contributed by atoms with Crippen LogP contribution in [0.3, 0.4) is 0 Å². The van der Waals surface area contributed by atoms with Gasteiger partial charge in [0.1, 0.15) is 0 Å². The van der Waals surface area contributed by atoms with Crippen molar-refractivity contribution < 1.29 is 4.74 Å². The van der Waals surface area contributed by atoms with E-state index >= 15 is 0 Å². The highest BCUT2D eigenvalue weighted by Gasteiger charge is 2.41. The summed E-state index contributed by atoms with van der Waals surface area (Å²) in [7, 11) is 0. The molecule has 0 unspecified atom stereocenters. The maximum Gasteiger partial charge on any atom is 0.0594 e. The van der Waals surface area contributed by atoms with Gasteiger partial charge in [-0.05, 0) is 36.5 Å². The molecule has 0 radical (unpaired) electrons. The molecule has 0 bridgehead atoms. The lowest BCUT2D eigenvalue weighted by Crippen LogP contribution is -2.60. The molecule has 126 valence electrons. The molecule has 0 amide bonds. The Morgan fingerprint density at radius 1 is 1.17 bits per heavy atom. The highest BCUT2D eigenvalue weighted by molar-refractivity contribution is 7.99. The number of morpholine rings is 1. The van der Waals surface area contributed by atoms with Crippen molar-refractivity contribution in [3.05, 3.63) is 35.9 Å². The molecule has 0 spiro atoms. The van der Waals surface area contributed by atoms with Gasteiger partial charge in [0, 0.05) is 37.0 Å². The lowest BCUT2D eigenvalue weighted by atomic mass is 9.75. The zero-order chi connectivity index (χ0) is 15.5. The van der Waals surface area contributed by atoms with Gasteiger partial charge >= 0.3 is 0 Å². The van der Waals surface area contributed by atoms with E-state index in [0.29, 0.717) is 11.6 Å². The number of thioether (sulfide) groups is 1. The second-order valence-corrected chi connectivity index (χ2v) is 8.39. The molecule has 3 aliphatic rings. The first-order chi connectivity index (χ1) is 11.4. The first kappa shape index (κ1) is 15.9. The van der Waals surface area contributed by atoms with Crippen LogP contribution >= 0.6 is 11.8 Å². The van der Waals surface area contributed by atoms with Crippen molar-refractivity contribution in [1.29, 1.82) is 0 Å². The zero-order valence-corrected chi connectivity index (χ0v) is 14.7. The Morgan fingerprint density at radius 2 is 1.96 bits per heavy atom. The van der Waals surface area contributed by atoms with Gasteiger partial charge in [-0.3, -0.25) is 4.90 Å². The minimum atomic E-state index is 0.381. The van der Waals surface area contributed by atoms with E-state index in [1.165, 1.54) is 36.3 Å². The summed E-state index contributed by atoms with van der Waals surface area (Å²) in [6.45, 7) is 5.20. The molecule has 4 rings (SSSR count). The second kappa shape index (κ2) is 7.14. The van der Waals surface area contributed by atoms with E-state index in [1.807, 2.05) is 0 Å². The smallest absolute Gasteiger partial charge is 0.0594 e. The molecule has 1 saturated carbocycles. The maximum atomic E-state index is 5.56. The lowest BCUT2D eigenvalue weighted by Gasteiger charge is -2.45. The van der Waals surface area contributed by atoms with Crippen molar-refractivity contribution in [1.82, 2.24) is 10.2 Å². The molecule has 2 saturated heterocycles. The molecule has 3 fully saturated rings. The molecule has 2 aliphatic heterocycles. The van der Waals surface area contributed by atoms with Crippen LogP contribution in [0.4, 0.5) is 0 Å². The SMILES string of the molecule is c1ccc(C2CC(NC[C@@]3(N4CCOCC4)CCSC3)C2)cc1. The average Bonchev–Trinajstić information content (AvgIpc) is 3.05. The fourth-order valence-electron chi connectivity index (χ4n) is 4.25. The minimum absolute atomic E-state index is 0.381. The van der Waals surface area contributed by atoms with Crippen LogP contribution in [0.2, 0.25) is 0 Å². The normalized spacial score (nSPS) is 35.1. The van der Waals surface area contributed by atoms with Crippen molar-refractivity contribution >= 4 is 11.8 Å². The summed E-state index contributed by atoms with van der Waals surface area (Å²) < 4.78 is 5.56. The quantitative estimate of drug-likeness (QED) is 0.896. The molecular formula is C19H28N2OS. The Labute approximate surface area is 144 Å². The summed E-state index contributed by atoms with van der Waals surface area (Å²) in [4.78, 5) is 2.71. The minimum Gasteiger partial charge on any atom is -0.379 e. The number of benzene rings is 1. The predicted octanol–water partition coefficient (Wildman–Crippen LogP) is 2.73. The van der Waals surface area contributed by atoms with Gasteiger partial charge in [-0.1, -0.05) is 30.3 Å². The van der Waals surface area contributed by atoms with Crippen molar-refractivity contribution in [3.8, 4) is 0 Å². The van der Waals surface area contributed by atoms with E-state index < -0.39 is 0 Å². The third-order valence-corrected chi connectivity index (χ3v) is 7.13. The predicted molar refractivity (Wildman–Crippen MR) is 97.3 cm³/mol. The van der Waals surface area contributed by atoms with Gasteiger partial charge in [0.2, 0.25) is 0 Å². The number of hydrogen-bond donors (Lipinski definition) is 1. The summed E-state index contributed by atoms with van der Waals surface area (Å²) in [6.07, 6.45) is 3.94. The Balaban J connectivity index is 1.30. The van der Waals surface area contributed by atoms with Crippen molar-refractivity contribution in [2.75, 3.05) is 44.4 Å². The summed E-state index contributed by atoms with van der Waals surface area (Å²) in [5, 5.41) is 3.90. The molecular weight excluding hydrogens is 304 g/mol.